The van der Waals surface area contributed by atoms with E-state index in [0.717, 1.165) is 44.9 Å². The van der Waals surface area contributed by atoms with Crippen molar-refractivity contribution < 1.29 is 8.42 Å². The Labute approximate surface area is 162 Å². The second kappa shape index (κ2) is 8.93. The number of guanidine groups is 1. The maximum Gasteiger partial charge on any atom is 0.211 e. The van der Waals surface area contributed by atoms with E-state index in [2.05, 4.69) is 44.8 Å². The molecule has 2 saturated heterocycles. The molecule has 27 heavy (non-hydrogen) atoms. The average molecular weight is 394 g/mol. The smallest absolute Gasteiger partial charge is 0.211 e. The summed E-state index contributed by atoms with van der Waals surface area (Å²) >= 11 is 0. The average Bonchev–Trinajstić information content (AvgIpc) is 3.14. The van der Waals surface area contributed by atoms with Crippen LogP contribution in [0, 0.1) is 5.92 Å². The molecule has 0 amide bonds. The van der Waals surface area contributed by atoms with Crippen molar-refractivity contribution in [3.63, 3.8) is 0 Å². The summed E-state index contributed by atoms with van der Waals surface area (Å²) in [5.41, 5.74) is 1.27. The fourth-order valence-corrected chi connectivity index (χ4v) is 4.70. The fraction of sp³-hybridized carbons (Fsp3) is 0.632. The first-order valence-corrected chi connectivity index (χ1v) is 11.5. The molecule has 1 aromatic rings. The third-order valence-electron chi connectivity index (χ3n) is 5.47. The number of hydrogen-bond acceptors (Lipinski definition) is 4. The zero-order valence-electron chi connectivity index (χ0n) is 16.3. The zero-order chi connectivity index (χ0) is 19.3. The van der Waals surface area contributed by atoms with Gasteiger partial charge >= 0.3 is 0 Å². The highest BCUT2D eigenvalue weighted by Gasteiger charge is 2.26. The third-order valence-corrected chi connectivity index (χ3v) is 6.78. The van der Waals surface area contributed by atoms with Gasteiger partial charge in [0.05, 0.1) is 6.26 Å². The van der Waals surface area contributed by atoms with Crippen LogP contribution in [0.25, 0.3) is 0 Å². The van der Waals surface area contributed by atoms with Gasteiger partial charge in [-0.15, -0.1) is 0 Å². The topological polar surface area (TPSA) is 77.0 Å². The summed E-state index contributed by atoms with van der Waals surface area (Å²) in [5.74, 6) is 1.31. The summed E-state index contributed by atoms with van der Waals surface area (Å²) in [6.07, 6.45) is 4.16. The molecule has 150 valence electrons. The molecule has 3 rings (SSSR count). The maximum absolute atomic E-state index is 11.6. The number of anilines is 1. The summed E-state index contributed by atoms with van der Waals surface area (Å²) in [4.78, 5) is 6.75. The zero-order valence-corrected chi connectivity index (χ0v) is 17.1. The van der Waals surface area contributed by atoms with Crippen LogP contribution >= 0.6 is 0 Å². The molecular formula is C19H31N5O2S. The molecule has 2 N–H and O–H groups in total. The Kier molecular flexibility index (Phi) is 6.59. The van der Waals surface area contributed by atoms with E-state index < -0.39 is 10.0 Å². The van der Waals surface area contributed by atoms with Crippen LogP contribution in [0.15, 0.2) is 35.3 Å². The van der Waals surface area contributed by atoms with Crippen molar-refractivity contribution in [2.45, 2.75) is 25.3 Å². The minimum atomic E-state index is -3.06. The lowest BCUT2D eigenvalue weighted by Gasteiger charge is -2.30. The van der Waals surface area contributed by atoms with Crippen molar-refractivity contribution in [3.8, 4) is 0 Å². The summed E-state index contributed by atoms with van der Waals surface area (Å²) < 4.78 is 24.8. The van der Waals surface area contributed by atoms with E-state index in [-0.39, 0.29) is 0 Å². The predicted molar refractivity (Wildman–Crippen MR) is 111 cm³/mol. The van der Waals surface area contributed by atoms with Crippen molar-refractivity contribution in [1.82, 2.24) is 14.9 Å². The van der Waals surface area contributed by atoms with E-state index >= 15 is 0 Å². The van der Waals surface area contributed by atoms with Crippen LogP contribution in [0.3, 0.4) is 0 Å². The molecule has 1 aromatic carbocycles. The molecule has 0 bridgehead atoms. The third kappa shape index (κ3) is 5.59. The molecule has 8 heteroatoms. The van der Waals surface area contributed by atoms with Gasteiger partial charge in [0.2, 0.25) is 10.0 Å². The molecule has 0 spiro atoms. The van der Waals surface area contributed by atoms with Crippen molar-refractivity contribution in [3.05, 3.63) is 30.3 Å². The Morgan fingerprint density at radius 3 is 2.48 bits per heavy atom. The van der Waals surface area contributed by atoms with Crippen molar-refractivity contribution in [2.24, 2.45) is 10.9 Å². The highest BCUT2D eigenvalue weighted by Crippen LogP contribution is 2.20. The van der Waals surface area contributed by atoms with Gasteiger partial charge in [0.1, 0.15) is 0 Å². The summed E-state index contributed by atoms with van der Waals surface area (Å²) in [6.45, 7) is 4.07. The molecule has 2 aliphatic heterocycles. The molecule has 0 saturated carbocycles. The minimum absolute atomic E-state index is 0.378. The number of aliphatic imine (C=N–C) groups is 1. The number of piperidine rings is 1. The summed E-state index contributed by atoms with van der Waals surface area (Å²) in [5, 5.41) is 6.96. The second-order valence-corrected chi connectivity index (χ2v) is 9.45. The van der Waals surface area contributed by atoms with Crippen LogP contribution in [-0.4, -0.2) is 70.8 Å². The second-order valence-electron chi connectivity index (χ2n) is 7.47. The van der Waals surface area contributed by atoms with E-state index in [1.54, 1.807) is 11.4 Å². The first-order valence-electron chi connectivity index (χ1n) is 9.68. The van der Waals surface area contributed by atoms with E-state index in [9.17, 15) is 8.42 Å². The molecule has 0 aromatic heterocycles. The number of hydrogen-bond donors (Lipinski definition) is 2. The predicted octanol–water partition coefficient (Wildman–Crippen LogP) is 1.10. The highest BCUT2D eigenvalue weighted by atomic mass is 32.2. The number of para-hydroxylation sites is 1. The van der Waals surface area contributed by atoms with E-state index in [0.29, 0.717) is 25.0 Å². The van der Waals surface area contributed by atoms with Gasteiger partial charge < -0.3 is 15.5 Å². The quantitative estimate of drug-likeness (QED) is 0.579. The van der Waals surface area contributed by atoms with Crippen molar-refractivity contribution in [1.29, 1.82) is 0 Å². The van der Waals surface area contributed by atoms with Crippen molar-refractivity contribution in [2.75, 3.05) is 50.9 Å². The van der Waals surface area contributed by atoms with Gasteiger partial charge in [-0.25, -0.2) is 12.7 Å². The molecule has 0 radical (unpaired) electrons. The minimum Gasteiger partial charge on any atom is -0.369 e. The Bertz CT molecular complexity index is 730. The number of sulfonamides is 1. The van der Waals surface area contributed by atoms with Gasteiger partial charge in [-0.2, -0.15) is 0 Å². The number of nitrogens with zero attached hydrogens (tertiary/aromatic N) is 3. The Morgan fingerprint density at radius 1 is 1.15 bits per heavy atom. The van der Waals surface area contributed by atoms with Crippen LogP contribution in [0.2, 0.25) is 0 Å². The molecule has 1 unspecified atom stereocenters. The largest absolute Gasteiger partial charge is 0.369 e. The lowest BCUT2D eigenvalue weighted by Crippen LogP contribution is -2.47. The fourth-order valence-electron chi connectivity index (χ4n) is 3.83. The molecule has 7 nitrogen and oxygen atoms in total. The van der Waals surface area contributed by atoms with Gasteiger partial charge in [0.15, 0.2) is 5.96 Å². The molecule has 2 aliphatic rings. The Balaban J connectivity index is 1.42. The molecule has 2 heterocycles. The lowest BCUT2D eigenvalue weighted by molar-refractivity contribution is 0.274. The highest BCUT2D eigenvalue weighted by molar-refractivity contribution is 7.88. The van der Waals surface area contributed by atoms with Gasteiger partial charge in [0, 0.05) is 51.5 Å². The van der Waals surface area contributed by atoms with Gasteiger partial charge in [-0.05, 0) is 37.3 Å². The molecule has 2 fully saturated rings. The van der Waals surface area contributed by atoms with Crippen LogP contribution in [-0.2, 0) is 10.0 Å². The van der Waals surface area contributed by atoms with E-state index in [4.69, 9.17) is 0 Å². The first-order chi connectivity index (χ1) is 13.0. The lowest BCUT2D eigenvalue weighted by atomic mass is 9.98. The monoisotopic (exact) mass is 393 g/mol. The molecule has 0 aliphatic carbocycles. The first kappa shape index (κ1) is 19.9. The van der Waals surface area contributed by atoms with E-state index in [1.165, 1.54) is 11.9 Å². The summed E-state index contributed by atoms with van der Waals surface area (Å²) in [7, 11) is -1.26. The normalized spacial score (nSPS) is 22.8. The summed E-state index contributed by atoms with van der Waals surface area (Å²) in [6, 6.07) is 10.9. The van der Waals surface area contributed by atoms with Crippen LogP contribution < -0.4 is 15.5 Å². The van der Waals surface area contributed by atoms with Crippen LogP contribution in [0.5, 0.6) is 0 Å². The maximum atomic E-state index is 11.6. The van der Waals surface area contributed by atoms with Gasteiger partial charge in [-0.3, -0.25) is 4.99 Å². The van der Waals surface area contributed by atoms with Crippen molar-refractivity contribution >= 4 is 21.7 Å². The molecular weight excluding hydrogens is 362 g/mol. The molecule has 1 atom stereocenters. The SMILES string of the molecule is CN=C(NCC1CCN(S(C)(=O)=O)CC1)NC1CCN(c2ccccc2)C1. The Hall–Kier alpha value is -1.80. The van der Waals surface area contributed by atoms with Gasteiger partial charge in [-0.1, -0.05) is 18.2 Å². The van der Waals surface area contributed by atoms with Crippen LogP contribution in [0.1, 0.15) is 19.3 Å². The van der Waals surface area contributed by atoms with Gasteiger partial charge in [0.25, 0.3) is 0 Å². The standard InChI is InChI=1S/C19H31N5O2S/c1-20-19(21-14-16-8-12-24(13-9-16)27(2,25)26)22-17-10-11-23(15-17)18-6-4-3-5-7-18/h3-7,16-17H,8-15H2,1-2H3,(H2,20,21,22). The van der Waals surface area contributed by atoms with Crippen LogP contribution in [0.4, 0.5) is 5.69 Å². The Morgan fingerprint density at radius 2 is 1.85 bits per heavy atom. The number of benzene rings is 1. The number of rotatable bonds is 5. The number of nitrogens with one attached hydrogen (secondary N) is 2. The van der Waals surface area contributed by atoms with E-state index in [1.807, 2.05) is 6.07 Å².